The van der Waals surface area contributed by atoms with Gasteiger partial charge in [0.05, 0.1) is 6.04 Å². The van der Waals surface area contributed by atoms with Gasteiger partial charge in [0, 0.05) is 11.1 Å². The molecule has 1 atom stereocenters. The zero-order chi connectivity index (χ0) is 14.9. The van der Waals surface area contributed by atoms with E-state index in [9.17, 15) is 17.6 Å². The van der Waals surface area contributed by atoms with Crippen molar-refractivity contribution in [2.24, 2.45) is 0 Å². The Morgan fingerprint density at radius 2 is 1.50 bits per heavy atom. The molecule has 1 unspecified atom stereocenters. The minimum atomic E-state index is -1.56. The quantitative estimate of drug-likeness (QED) is 0.666. The van der Waals surface area contributed by atoms with Crippen molar-refractivity contribution in [1.29, 1.82) is 0 Å². The van der Waals surface area contributed by atoms with Crippen molar-refractivity contribution in [3.63, 3.8) is 0 Å². The number of aryl methyl sites for hydroxylation is 1. The summed E-state index contributed by atoms with van der Waals surface area (Å²) in [5.74, 6) is -4.69. The predicted octanol–water partition coefficient (Wildman–Crippen LogP) is 3.86. The molecule has 1 nitrogen and oxygen atoms in total. The molecule has 0 aromatic heterocycles. The lowest BCUT2D eigenvalue weighted by Crippen LogP contribution is -2.21. The van der Waals surface area contributed by atoms with E-state index in [1.54, 1.807) is 13.0 Å². The number of rotatable bonds is 3. The fourth-order valence-electron chi connectivity index (χ4n) is 2.13. The molecule has 20 heavy (non-hydrogen) atoms. The topological polar surface area (TPSA) is 12.0 Å². The number of hydrogen-bond acceptors (Lipinski definition) is 1. The predicted molar refractivity (Wildman–Crippen MR) is 68.4 cm³/mol. The smallest absolute Gasteiger partial charge is 0.194 e. The average Bonchev–Trinajstić information content (AvgIpc) is 2.43. The van der Waals surface area contributed by atoms with Crippen molar-refractivity contribution < 1.29 is 17.6 Å². The molecular formula is C15H13F4N. The first-order chi connectivity index (χ1) is 9.45. The highest BCUT2D eigenvalue weighted by molar-refractivity contribution is 5.36. The molecule has 106 valence electrons. The van der Waals surface area contributed by atoms with Crippen LogP contribution in [0, 0.1) is 30.2 Å². The Balaban J connectivity index is 2.58. The second-order valence-corrected chi connectivity index (χ2v) is 4.51. The van der Waals surface area contributed by atoms with E-state index in [1.165, 1.54) is 19.2 Å². The first kappa shape index (κ1) is 14.5. The molecule has 0 saturated heterocycles. The summed E-state index contributed by atoms with van der Waals surface area (Å²) in [6, 6.07) is 5.41. The van der Waals surface area contributed by atoms with Crippen molar-refractivity contribution in [3.05, 3.63) is 70.3 Å². The Hall–Kier alpha value is -1.88. The van der Waals surface area contributed by atoms with Crippen molar-refractivity contribution in [3.8, 4) is 0 Å². The lowest BCUT2D eigenvalue weighted by atomic mass is 9.96. The van der Waals surface area contributed by atoms with E-state index in [0.29, 0.717) is 0 Å². The van der Waals surface area contributed by atoms with E-state index in [2.05, 4.69) is 5.32 Å². The second-order valence-electron chi connectivity index (χ2n) is 4.51. The molecular weight excluding hydrogens is 270 g/mol. The van der Waals surface area contributed by atoms with Gasteiger partial charge in [-0.15, -0.1) is 0 Å². The fourth-order valence-corrected chi connectivity index (χ4v) is 2.13. The lowest BCUT2D eigenvalue weighted by molar-refractivity contribution is 0.433. The molecule has 0 bridgehead atoms. The summed E-state index contributed by atoms with van der Waals surface area (Å²) in [6.45, 7) is 1.76. The van der Waals surface area contributed by atoms with Crippen LogP contribution < -0.4 is 5.32 Å². The molecule has 0 heterocycles. The Morgan fingerprint density at radius 3 is 2.15 bits per heavy atom. The monoisotopic (exact) mass is 283 g/mol. The molecule has 0 radical (unpaired) electrons. The molecule has 0 amide bonds. The van der Waals surface area contributed by atoms with Crippen LogP contribution in [-0.4, -0.2) is 7.05 Å². The highest BCUT2D eigenvalue weighted by atomic mass is 19.2. The Labute approximate surface area is 114 Å². The van der Waals surface area contributed by atoms with Crippen LogP contribution in [0.3, 0.4) is 0 Å². The van der Waals surface area contributed by atoms with Gasteiger partial charge in [0.1, 0.15) is 5.82 Å². The molecule has 2 aromatic carbocycles. The molecule has 0 aliphatic carbocycles. The lowest BCUT2D eigenvalue weighted by Gasteiger charge is -2.19. The standard InChI is InChI=1S/C15H13F4N/c1-8-3-5-11(16)10(7-8)15(20-2)9-4-6-12(17)14(19)13(9)18/h3-7,15,20H,1-2H3. The summed E-state index contributed by atoms with van der Waals surface area (Å²) in [4.78, 5) is 0. The SMILES string of the molecule is CNC(c1cc(C)ccc1F)c1ccc(F)c(F)c1F. The zero-order valence-electron chi connectivity index (χ0n) is 11.0. The van der Waals surface area contributed by atoms with Gasteiger partial charge < -0.3 is 5.32 Å². The normalized spacial score (nSPS) is 12.5. The molecule has 1 N–H and O–H groups in total. The average molecular weight is 283 g/mol. The van der Waals surface area contributed by atoms with Crippen LogP contribution in [0.4, 0.5) is 17.6 Å². The summed E-state index contributed by atoms with van der Waals surface area (Å²) in [5, 5.41) is 2.72. The van der Waals surface area contributed by atoms with Gasteiger partial charge in [-0.3, -0.25) is 0 Å². The summed E-state index contributed by atoms with van der Waals surface area (Å²) in [7, 11) is 1.49. The largest absolute Gasteiger partial charge is 0.309 e. The molecule has 0 spiro atoms. The Morgan fingerprint density at radius 1 is 0.850 bits per heavy atom. The van der Waals surface area contributed by atoms with Crippen LogP contribution in [0.15, 0.2) is 30.3 Å². The zero-order valence-corrected chi connectivity index (χ0v) is 11.0. The van der Waals surface area contributed by atoms with E-state index in [4.69, 9.17) is 0 Å². The fraction of sp³-hybridized carbons (Fsp3) is 0.200. The maximum atomic E-state index is 13.9. The van der Waals surface area contributed by atoms with Crippen molar-refractivity contribution in [2.75, 3.05) is 7.05 Å². The van der Waals surface area contributed by atoms with Gasteiger partial charge in [0.25, 0.3) is 0 Å². The van der Waals surface area contributed by atoms with E-state index in [1.807, 2.05) is 0 Å². The molecule has 2 aromatic rings. The summed E-state index contributed by atoms with van der Waals surface area (Å²) in [6.07, 6.45) is 0. The number of nitrogens with one attached hydrogen (secondary N) is 1. The van der Waals surface area contributed by atoms with Gasteiger partial charge >= 0.3 is 0 Å². The molecule has 5 heteroatoms. The number of benzene rings is 2. The van der Waals surface area contributed by atoms with Gasteiger partial charge in [0.15, 0.2) is 17.5 Å². The second kappa shape index (κ2) is 5.63. The first-order valence-electron chi connectivity index (χ1n) is 6.02. The van der Waals surface area contributed by atoms with Gasteiger partial charge in [-0.2, -0.15) is 0 Å². The first-order valence-corrected chi connectivity index (χ1v) is 6.02. The number of halogens is 4. The van der Waals surface area contributed by atoms with Crippen molar-refractivity contribution >= 4 is 0 Å². The molecule has 2 rings (SSSR count). The van der Waals surface area contributed by atoms with E-state index < -0.39 is 29.3 Å². The highest BCUT2D eigenvalue weighted by Gasteiger charge is 2.23. The maximum Gasteiger partial charge on any atom is 0.194 e. The van der Waals surface area contributed by atoms with Crippen molar-refractivity contribution in [1.82, 2.24) is 5.32 Å². The third-order valence-electron chi connectivity index (χ3n) is 3.13. The third kappa shape index (κ3) is 2.54. The van der Waals surface area contributed by atoms with E-state index in [-0.39, 0.29) is 11.1 Å². The van der Waals surface area contributed by atoms with Gasteiger partial charge in [-0.05, 0) is 26.1 Å². The number of hydrogen-bond donors (Lipinski definition) is 1. The Bertz CT molecular complexity index is 640. The minimum Gasteiger partial charge on any atom is -0.309 e. The summed E-state index contributed by atoms with van der Waals surface area (Å²) >= 11 is 0. The van der Waals surface area contributed by atoms with Crippen LogP contribution in [0.1, 0.15) is 22.7 Å². The highest BCUT2D eigenvalue weighted by Crippen LogP contribution is 2.28. The molecule has 0 fully saturated rings. The Kier molecular flexibility index (Phi) is 4.09. The van der Waals surface area contributed by atoms with Crippen LogP contribution in [0.25, 0.3) is 0 Å². The van der Waals surface area contributed by atoms with Gasteiger partial charge in [0.2, 0.25) is 0 Å². The van der Waals surface area contributed by atoms with Gasteiger partial charge in [-0.1, -0.05) is 23.8 Å². The maximum absolute atomic E-state index is 13.9. The van der Waals surface area contributed by atoms with Crippen molar-refractivity contribution in [2.45, 2.75) is 13.0 Å². The molecule has 0 aliphatic heterocycles. The van der Waals surface area contributed by atoms with Gasteiger partial charge in [-0.25, -0.2) is 17.6 Å². The van der Waals surface area contributed by atoms with Crippen LogP contribution in [0.5, 0.6) is 0 Å². The van der Waals surface area contributed by atoms with Crippen LogP contribution in [-0.2, 0) is 0 Å². The van der Waals surface area contributed by atoms with Crippen LogP contribution in [0.2, 0.25) is 0 Å². The summed E-state index contributed by atoms with van der Waals surface area (Å²) < 4.78 is 54.0. The molecule has 0 saturated carbocycles. The van der Waals surface area contributed by atoms with Crippen LogP contribution >= 0.6 is 0 Å². The van der Waals surface area contributed by atoms with E-state index >= 15 is 0 Å². The minimum absolute atomic E-state index is 0.143. The summed E-state index contributed by atoms with van der Waals surface area (Å²) in [5.41, 5.74) is 0.818. The van der Waals surface area contributed by atoms with E-state index in [0.717, 1.165) is 17.7 Å². The molecule has 0 aliphatic rings. The third-order valence-corrected chi connectivity index (χ3v) is 3.13.